The number of carbonyl (C=O) groups excluding carboxylic acids is 1. The van der Waals surface area contributed by atoms with Crippen molar-refractivity contribution in [3.63, 3.8) is 0 Å². The van der Waals surface area contributed by atoms with E-state index in [1.54, 1.807) is 30.5 Å². The van der Waals surface area contributed by atoms with Gasteiger partial charge in [0.05, 0.1) is 24.8 Å². The van der Waals surface area contributed by atoms with Crippen molar-refractivity contribution in [3.05, 3.63) is 88.8 Å². The van der Waals surface area contributed by atoms with Crippen LogP contribution >= 0.6 is 0 Å². The van der Waals surface area contributed by atoms with E-state index in [1.165, 1.54) is 5.69 Å². The second-order valence-corrected chi connectivity index (χ2v) is 9.72. The third kappa shape index (κ3) is 5.19. The van der Waals surface area contributed by atoms with Crippen LogP contribution in [0.2, 0.25) is 0 Å². The monoisotopic (exact) mass is 520 g/mol. The number of aryl methyl sites for hydroxylation is 1. The van der Waals surface area contributed by atoms with Crippen molar-refractivity contribution < 1.29 is 13.9 Å². The Balaban J connectivity index is 1.17. The summed E-state index contributed by atoms with van der Waals surface area (Å²) in [5.41, 5.74) is 5.77. The first kappa shape index (κ1) is 24.6. The zero-order valence-electron chi connectivity index (χ0n) is 21.7. The topological polar surface area (TPSA) is 108 Å². The number of hydrogen-bond donors (Lipinski definition) is 1. The van der Waals surface area contributed by atoms with Gasteiger partial charge >= 0.3 is 0 Å². The maximum absolute atomic E-state index is 13.0. The molecule has 0 aliphatic carbocycles. The lowest BCUT2D eigenvalue weighted by Crippen LogP contribution is -2.36. The molecular weight excluding hydrogens is 492 g/mol. The molecule has 1 N–H and O–H groups in total. The number of amides is 1. The smallest absolute Gasteiger partial charge is 0.254 e. The van der Waals surface area contributed by atoms with Gasteiger partial charge in [-0.2, -0.15) is 5.26 Å². The van der Waals surface area contributed by atoms with Crippen LogP contribution in [-0.4, -0.2) is 53.6 Å². The summed E-state index contributed by atoms with van der Waals surface area (Å²) in [7, 11) is 0. The minimum Gasteiger partial charge on any atom is -0.459 e. The SMILES string of the molecule is Cc1cnc(Nc2ccc(N3CCOCC3)cc2)nc1-c1cc2c(o1)CCN(C(=O)c1ccc(C#N)cc1)C2. The number of ether oxygens (including phenoxy) is 1. The van der Waals surface area contributed by atoms with Crippen LogP contribution in [0.1, 0.15) is 32.8 Å². The van der Waals surface area contributed by atoms with Crippen molar-refractivity contribution in [1.82, 2.24) is 14.9 Å². The van der Waals surface area contributed by atoms with Crippen molar-refractivity contribution in [1.29, 1.82) is 5.26 Å². The van der Waals surface area contributed by atoms with Crippen molar-refractivity contribution in [2.45, 2.75) is 19.9 Å². The number of fused-ring (bicyclic) bond motifs is 1. The highest BCUT2D eigenvalue weighted by molar-refractivity contribution is 5.94. The Morgan fingerprint density at radius 2 is 1.82 bits per heavy atom. The number of aromatic nitrogens is 2. The molecule has 9 nitrogen and oxygen atoms in total. The van der Waals surface area contributed by atoms with Gasteiger partial charge in [0.15, 0.2) is 5.76 Å². The zero-order valence-corrected chi connectivity index (χ0v) is 21.7. The number of nitriles is 1. The summed E-state index contributed by atoms with van der Waals surface area (Å²) in [5, 5.41) is 12.3. The average Bonchev–Trinajstić information content (AvgIpc) is 3.42. The molecule has 0 atom stereocenters. The number of benzene rings is 2. The predicted molar refractivity (Wildman–Crippen MR) is 147 cm³/mol. The molecule has 2 aromatic heterocycles. The number of nitrogens with zero attached hydrogens (tertiary/aromatic N) is 5. The lowest BCUT2D eigenvalue weighted by Gasteiger charge is -2.28. The molecule has 0 bridgehead atoms. The highest BCUT2D eigenvalue weighted by Gasteiger charge is 2.26. The summed E-state index contributed by atoms with van der Waals surface area (Å²) in [6.45, 7) is 6.27. The molecule has 0 unspecified atom stereocenters. The number of rotatable bonds is 5. The van der Waals surface area contributed by atoms with E-state index >= 15 is 0 Å². The quantitative estimate of drug-likeness (QED) is 0.404. The van der Waals surface area contributed by atoms with Gasteiger partial charge in [-0.25, -0.2) is 9.97 Å². The highest BCUT2D eigenvalue weighted by atomic mass is 16.5. The first-order chi connectivity index (χ1) is 19.1. The fraction of sp³-hybridized carbons (Fsp3) is 0.267. The van der Waals surface area contributed by atoms with Gasteiger partial charge < -0.3 is 24.3 Å². The summed E-state index contributed by atoms with van der Waals surface area (Å²) < 4.78 is 11.7. The molecule has 4 aromatic rings. The molecule has 0 saturated carbocycles. The highest BCUT2D eigenvalue weighted by Crippen LogP contribution is 2.31. The molecule has 1 saturated heterocycles. The van der Waals surface area contributed by atoms with Gasteiger partial charge in [-0.15, -0.1) is 0 Å². The van der Waals surface area contributed by atoms with Gasteiger partial charge in [-0.3, -0.25) is 4.79 Å². The summed E-state index contributed by atoms with van der Waals surface area (Å²) >= 11 is 0. The third-order valence-electron chi connectivity index (χ3n) is 7.12. The molecule has 6 rings (SSSR count). The molecule has 2 aliphatic heterocycles. The average molecular weight is 521 g/mol. The molecule has 2 aromatic carbocycles. The van der Waals surface area contributed by atoms with E-state index in [0.29, 0.717) is 42.3 Å². The Morgan fingerprint density at radius 3 is 2.56 bits per heavy atom. The first-order valence-corrected chi connectivity index (χ1v) is 13.0. The predicted octanol–water partition coefficient (Wildman–Crippen LogP) is 4.70. The minimum atomic E-state index is -0.0581. The summed E-state index contributed by atoms with van der Waals surface area (Å²) in [6.07, 6.45) is 2.41. The van der Waals surface area contributed by atoms with Gasteiger partial charge in [0.25, 0.3) is 5.91 Å². The molecule has 39 heavy (non-hydrogen) atoms. The lowest BCUT2D eigenvalue weighted by atomic mass is 10.1. The van der Waals surface area contributed by atoms with Gasteiger partial charge in [-0.05, 0) is 67.1 Å². The summed E-state index contributed by atoms with van der Waals surface area (Å²) in [6, 6.07) is 19.0. The van der Waals surface area contributed by atoms with Gasteiger partial charge in [0.2, 0.25) is 5.95 Å². The van der Waals surface area contributed by atoms with Crippen molar-refractivity contribution >= 4 is 23.2 Å². The van der Waals surface area contributed by atoms with Crippen molar-refractivity contribution in [2.75, 3.05) is 43.1 Å². The van der Waals surface area contributed by atoms with Gasteiger partial charge in [0.1, 0.15) is 11.5 Å². The van der Waals surface area contributed by atoms with E-state index in [0.717, 1.165) is 54.6 Å². The van der Waals surface area contributed by atoms with Crippen molar-refractivity contribution in [2.24, 2.45) is 0 Å². The van der Waals surface area contributed by atoms with Crippen LogP contribution in [-0.2, 0) is 17.7 Å². The number of anilines is 3. The van der Waals surface area contributed by atoms with E-state index in [-0.39, 0.29) is 5.91 Å². The number of hydrogen-bond acceptors (Lipinski definition) is 8. The van der Waals surface area contributed by atoms with Crippen LogP contribution in [0.3, 0.4) is 0 Å². The second-order valence-electron chi connectivity index (χ2n) is 9.72. The third-order valence-corrected chi connectivity index (χ3v) is 7.12. The number of carbonyl (C=O) groups is 1. The van der Waals surface area contributed by atoms with Crippen LogP contribution in [0.5, 0.6) is 0 Å². The van der Waals surface area contributed by atoms with E-state index in [1.807, 2.05) is 30.0 Å². The molecule has 1 amide bonds. The van der Waals surface area contributed by atoms with Crippen LogP contribution in [0.15, 0.2) is 65.2 Å². The number of nitrogens with one attached hydrogen (secondary N) is 1. The Labute approximate surface area is 226 Å². The van der Waals surface area contributed by atoms with Crippen molar-refractivity contribution in [3.8, 4) is 17.5 Å². The summed E-state index contributed by atoms with van der Waals surface area (Å²) in [4.78, 5) is 26.4. The standard InChI is InChI=1S/C30H28N6O3/c1-20-18-32-30(33-24-6-8-25(9-7-24)35-12-14-38-15-13-35)34-28(20)27-16-23-19-36(11-10-26(23)39-27)29(37)22-4-2-21(17-31)3-5-22/h2-9,16,18H,10-15,19H2,1H3,(H,32,33,34). The molecule has 0 radical (unpaired) electrons. The number of morpholine rings is 1. The van der Waals surface area contributed by atoms with Gasteiger partial charge in [-0.1, -0.05) is 0 Å². The Bertz CT molecular complexity index is 1530. The van der Waals surface area contributed by atoms with E-state index in [4.69, 9.17) is 19.4 Å². The first-order valence-electron chi connectivity index (χ1n) is 13.0. The molecule has 4 heterocycles. The molecular formula is C30H28N6O3. The normalized spacial score (nSPS) is 15.0. The van der Waals surface area contributed by atoms with Crippen LogP contribution in [0.25, 0.3) is 11.5 Å². The fourth-order valence-electron chi connectivity index (χ4n) is 4.95. The number of furan rings is 1. The molecule has 9 heteroatoms. The molecule has 196 valence electrons. The van der Waals surface area contributed by atoms with Crippen LogP contribution in [0.4, 0.5) is 17.3 Å². The van der Waals surface area contributed by atoms with E-state index < -0.39 is 0 Å². The summed E-state index contributed by atoms with van der Waals surface area (Å²) in [5.74, 6) is 1.97. The minimum absolute atomic E-state index is 0.0581. The van der Waals surface area contributed by atoms with Gasteiger partial charge in [0, 0.05) is 61.3 Å². The second kappa shape index (κ2) is 10.6. The van der Waals surface area contributed by atoms with Crippen LogP contribution < -0.4 is 10.2 Å². The molecule has 2 aliphatic rings. The maximum Gasteiger partial charge on any atom is 0.254 e. The molecule has 1 fully saturated rings. The van der Waals surface area contributed by atoms with E-state index in [2.05, 4.69) is 33.4 Å². The van der Waals surface area contributed by atoms with E-state index in [9.17, 15) is 4.79 Å². The maximum atomic E-state index is 13.0. The largest absolute Gasteiger partial charge is 0.459 e. The Morgan fingerprint density at radius 1 is 1.05 bits per heavy atom. The lowest BCUT2D eigenvalue weighted by molar-refractivity contribution is 0.0730. The van der Waals surface area contributed by atoms with Crippen LogP contribution in [0, 0.1) is 18.3 Å². The Hall–Kier alpha value is -4.68. The Kier molecular flexibility index (Phi) is 6.69. The fourth-order valence-corrected chi connectivity index (χ4v) is 4.95. The molecule has 0 spiro atoms. The zero-order chi connectivity index (χ0) is 26.8.